The Balaban J connectivity index is 1.28. The smallest absolute Gasteiger partial charge is 0.162 e. The molecule has 0 bridgehead atoms. The second-order valence-electron chi connectivity index (χ2n) is 6.78. The molecule has 5 rings (SSSR count). The summed E-state index contributed by atoms with van der Waals surface area (Å²) in [5.41, 5.74) is 5.42. The number of thiophene rings is 1. The first-order valence-corrected chi connectivity index (χ1v) is 10.0. The highest BCUT2D eigenvalue weighted by Crippen LogP contribution is 2.24. The van der Waals surface area contributed by atoms with E-state index in [0.717, 1.165) is 43.0 Å². The molecule has 28 heavy (non-hydrogen) atoms. The van der Waals surface area contributed by atoms with E-state index in [-0.39, 0.29) is 0 Å². The van der Waals surface area contributed by atoms with Crippen LogP contribution in [0.25, 0.3) is 22.0 Å². The van der Waals surface area contributed by atoms with Crippen molar-refractivity contribution in [3.05, 3.63) is 77.6 Å². The maximum atomic E-state index is 4.74. The highest BCUT2D eigenvalue weighted by molar-refractivity contribution is 7.13. The van der Waals surface area contributed by atoms with E-state index in [0.29, 0.717) is 5.82 Å². The lowest BCUT2D eigenvalue weighted by atomic mass is 10.1. The Kier molecular flexibility index (Phi) is 4.60. The third-order valence-corrected chi connectivity index (χ3v) is 5.73. The Morgan fingerprint density at radius 3 is 2.71 bits per heavy atom. The van der Waals surface area contributed by atoms with Crippen LogP contribution in [0.1, 0.15) is 16.8 Å². The standard InChI is InChI=1S/C21H18N6S/c1-2-20(28-7-1)19-4-3-15(8-24-19)12-27-6-5-18-17(13-27)11-25-21(26-18)16-9-22-14-23-10-16/h1-4,7-11,14H,5-6,12-13H2. The van der Waals surface area contributed by atoms with Gasteiger partial charge in [-0.3, -0.25) is 9.88 Å². The van der Waals surface area contributed by atoms with E-state index < -0.39 is 0 Å². The summed E-state index contributed by atoms with van der Waals surface area (Å²) in [6.45, 7) is 2.71. The van der Waals surface area contributed by atoms with Crippen molar-refractivity contribution in [2.45, 2.75) is 19.5 Å². The lowest BCUT2D eigenvalue weighted by Crippen LogP contribution is -2.31. The van der Waals surface area contributed by atoms with Gasteiger partial charge >= 0.3 is 0 Å². The first-order chi connectivity index (χ1) is 13.8. The van der Waals surface area contributed by atoms with Gasteiger partial charge in [-0.2, -0.15) is 0 Å². The van der Waals surface area contributed by atoms with Gasteiger partial charge in [-0.05, 0) is 23.1 Å². The molecule has 0 amide bonds. The third-order valence-electron chi connectivity index (χ3n) is 4.84. The highest BCUT2D eigenvalue weighted by atomic mass is 32.1. The summed E-state index contributed by atoms with van der Waals surface area (Å²) < 4.78 is 0. The second-order valence-corrected chi connectivity index (χ2v) is 7.73. The number of nitrogens with zero attached hydrogens (tertiary/aromatic N) is 6. The minimum absolute atomic E-state index is 0.696. The molecule has 0 N–H and O–H groups in total. The monoisotopic (exact) mass is 386 g/mol. The van der Waals surface area contributed by atoms with E-state index in [4.69, 9.17) is 4.98 Å². The lowest BCUT2D eigenvalue weighted by Gasteiger charge is -2.28. The van der Waals surface area contributed by atoms with Gasteiger partial charge in [0.25, 0.3) is 0 Å². The molecule has 0 atom stereocenters. The van der Waals surface area contributed by atoms with Crippen LogP contribution in [0.3, 0.4) is 0 Å². The first-order valence-electron chi connectivity index (χ1n) is 9.16. The number of pyridine rings is 1. The van der Waals surface area contributed by atoms with Crippen molar-refractivity contribution in [1.29, 1.82) is 0 Å². The van der Waals surface area contributed by atoms with Gasteiger partial charge in [-0.15, -0.1) is 11.3 Å². The van der Waals surface area contributed by atoms with Gasteiger partial charge in [0.05, 0.1) is 21.8 Å². The Labute approximate surface area is 167 Å². The van der Waals surface area contributed by atoms with E-state index >= 15 is 0 Å². The summed E-state index contributed by atoms with van der Waals surface area (Å²) in [6.07, 6.45) is 9.85. The number of hydrogen-bond acceptors (Lipinski definition) is 7. The van der Waals surface area contributed by atoms with Crippen LogP contribution in [0.4, 0.5) is 0 Å². The molecule has 0 radical (unpaired) electrons. The van der Waals surface area contributed by atoms with E-state index in [9.17, 15) is 0 Å². The average molecular weight is 386 g/mol. The van der Waals surface area contributed by atoms with Gasteiger partial charge in [0, 0.05) is 56.4 Å². The van der Waals surface area contributed by atoms with Crippen molar-refractivity contribution in [3.8, 4) is 22.0 Å². The zero-order valence-corrected chi connectivity index (χ0v) is 16.0. The van der Waals surface area contributed by atoms with Crippen LogP contribution in [0.15, 0.2) is 60.8 Å². The zero-order chi connectivity index (χ0) is 18.8. The molecule has 0 spiro atoms. The summed E-state index contributed by atoms with van der Waals surface area (Å²) in [7, 11) is 0. The summed E-state index contributed by atoms with van der Waals surface area (Å²) in [5.74, 6) is 0.696. The molecule has 6 nitrogen and oxygen atoms in total. The van der Waals surface area contributed by atoms with Crippen molar-refractivity contribution in [2.75, 3.05) is 6.54 Å². The van der Waals surface area contributed by atoms with Gasteiger partial charge < -0.3 is 0 Å². The number of rotatable bonds is 4. The minimum Gasteiger partial charge on any atom is -0.294 e. The normalized spacial score (nSPS) is 14.0. The highest BCUT2D eigenvalue weighted by Gasteiger charge is 2.19. The molecular formula is C21H18N6S. The fourth-order valence-corrected chi connectivity index (χ4v) is 4.11. The fourth-order valence-electron chi connectivity index (χ4n) is 3.41. The largest absolute Gasteiger partial charge is 0.294 e. The van der Waals surface area contributed by atoms with Gasteiger partial charge in [0.1, 0.15) is 6.33 Å². The summed E-state index contributed by atoms with van der Waals surface area (Å²) in [4.78, 5) is 25.6. The predicted octanol–water partition coefficient (Wildman–Crippen LogP) is 3.62. The van der Waals surface area contributed by atoms with E-state index in [2.05, 4.69) is 54.5 Å². The van der Waals surface area contributed by atoms with Crippen LogP contribution in [0, 0.1) is 0 Å². The predicted molar refractivity (Wildman–Crippen MR) is 108 cm³/mol. The molecule has 138 valence electrons. The molecule has 0 unspecified atom stereocenters. The first kappa shape index (κ1) is 17.1. The summed E-state index contributed by atoms with van der Waals surface area (Å²) in [5, 5.41) is 2.08. The fraction of sp³-hybridized carbons (Fsp3) is 0.190. The number of aromatic nitrogens is 5. The second kappa shape index (κ2) is 7.53. The third kappa shape index (κ3) is 3.54. The number of fused-ring (bicyclic) bond motifs is 1. The van der Waals surface area contributed by atoms with Crippen LogP contribution in [0.2, 0.25) is 0 Å². The molecule has 0 saturated carbocycles. The molecule has 4 aromatic heterocycles. The molecule has 0 aliphatic carbocycles. The number of hydrogen-bond donors (Lipinski definition) is 0. The van der Waals surface area contributed by atoms with Gasteiger partial charge in [-0.1, -0.05) is 12.1 Å². The van der Waals surface area contributed by atoms with Crippen molar-refractivity contribution in [2.24, 2.45) is 0 Å². The average Bonchev–Trinajstić information content (AvgIpc) is 3.29. The van der Waals surface area contributed by atoms with Crippen LogP contribution in [0.5, 0.6) is 0 Å². The maximum Gasteiger partial charge on any atom is 0.162 e. The SMILES string of the molecule is c1csc(-c2ccc(CN3CCc4nc(-c5cncnc5)ncc4C3)cn2)c1. The molecular weight excluding hydrogens is 368 g/mol. The molecule has 4 aromatic rings. The van der Waals surface area contributed by atoms with Crippen molar-refractivity contribution < 1.29 is 0 Å². The van der Waals surface area contributed by atoms with Crippen LogP contribution >= 0.6 is 11.3 Å². The molecule has 5 heterocycles. The molecule has 7 heteroatoms. The Hall–Kier alpha value is -3.03. The van der Waals surface area contributed by atoms with Crippen LogP contribution in [-0.2, 0) is 19.5 Å². The Morgan fingerprint density at radius 1 is 1.00 bits per heavy atom. The summed E-state index contributed by atoms with van der Waals surface area (Å²) >= 11 is 1.71. The summed E-state index contributed by atoms with van der Waals surface area (Å²) in [6, 6.07) is 8.44. The van der Waals surface area contributed by atoms with Crippen molar-refractivity contribution in [1.82, 2.24) is 29.8 Å². The zero-order valence-electron chi connectivity index (χ0n) is 15.2. The van der Waals surface area contributed by atoms with Crippen LogP contribution in [-0.4, -0.2) is 36.4 Å². The van der Waals surface area contributed by atoms with E-state index in [1.807, 2.05) is 12.4 Å². The van der Waals surface area contributed by atoms with Crippen LogP contribution < -0.4 is 0 Å². The molecule has 1 aliphatic heterocycles. The molecule has 0 fully saturated rings. The van der Waals surface area contributed by atoms with Gasteiger partial charge in [0.15, 0.2) is 5.82 Å². The van der Waals surface area contributed by atoms with E-state index in [1.165, 1.54) is 22.3 Å². The van der Waals surface area contributed by atoms with Crippen molar-refractivity contribution in [3.63, 3.8) is 0 Å². The molecule has 0 aromatic carbocycles. The Morgan fingerprint density at radius 2 is 1.93 bits per heavy atom. The van der Waals surface area contributed by atoms with E-state index in [1.54, 1.807) is 23.7 Å². The minimum atomic E-state index is 0.696. The lowest BCUT2D eigenvalue weighted by molar-refractivity contribution is 0.242. The molecule has 0 saturated heterocycles. The van der Waals surface area contributed by atoms with Crippen molar-refractivity contribution >= 4 is 11.3 Å². The molecule has 1 aliphatic rings. The van der Waals surface area contributed by atoms with Gasteiger partial charge in [-0.25, -0.2) is 19.9 Å². The quantitative estimate of drug-likeness (QED) is 0.534. The maximum absolute atomic E-state index is 4.74. The van der Waals surface area contributed by atoms with Gasteiger partial charge in [0.2, 0.25) is 0 Å². The Bertz CT molecular complexity index is 1060. The topological polar surface area (TPSA) is 67.7 Å².